The highest BCUT2D eigenvalue weighted by atomic mass is 16.5. The molecule has 1 aromatic heterocycles. The lowest BCUT2D eigenvalue weighted by Gasteiger charge is -2.05. The lowest BCUT2D eigenvalue weighted by Crippen LogP contribution is -2.10. The second-order valence-corrected chi connectivity index (χ2v) is 4.05. The van der Waals surface area contributed by atoms with Crippen molar-refractivity contribution in [3.63, 3.8) is 0 Å². The second kappa shape index (κ2) is 5.04. The number of carbonyl (C=O) groups is 1. The number of rotatable bonds is 4. The van der Waals surface area contributed by atoms with Gasteiger partial charge in [-0.25, -0.2) is 4.79 Å². The molecule has 94 valence electrons. The van der Waals surface area contributed by atoms with Crippen LogP contribution in [0.3, 0.4) is 0 Å². The van der Waals surface area contributed by atoms with Crippen LogP contribution in [0.4, 0.5) is 0 Å². The number of ether oxygens (including phenoxy) is 1. The van der Waals surface area contributed by atoms with E-state index in [0.717, 1.165) is 6.42 Å². The molecule has 0 bridgehead atoms. The second-order valence-electron chi connectivity index (χ2n) is 4.05. The van der Waals surface area contributed by atoms with Gasteiger partial charge in [0.25, 0.3) is 0 Å². The summed E-state index contributed by atoms with van der Waals surface area (Å²) in [5.41, 5.74) is -0.106. The van der Waals surface area contributed by atoms with Gasteiger partial charge in [-0.1, -0.05) is 6.92 Å². The van der Waals surface area contributed by atoms with E-state index in [1.165, 1.54) is 6.92 Å². The van der Waals surface area contributed by atoms with E-state index in [1.807, 2.05) is 6.92 Å². The summed E-state index contributed by atoms with van der Waals surface area (Å²) in [4.78, 5) is 22.8. The van der Waals surface area contributed by atoms with Crippen LogP contribution in [0.15, 0.2) is 33.5 Å². The number of Topliss-reactive ketones (excluding diaryl/α,β-unsaturated/α-hetero) is 1. The molecule has 0 radical (unpaired) electrons. The Hall–Kier alpha value is -2.10. The maximum Gasteiger partial charge on any atom is 0.347 e. The SMILES string of the molecule is CCCOc1ccc2cc(C(C)=O)c(=O)oc2c1. The van der Waals surface area contributed by atoms with Crippen molar-refractivity contribution in [3.05, 3.63) is 40.2 Å². The van der Waals surface area contributed by atoms with Gasteiger partial charge in [0, 0.05) is 11.5 Å². The van der Waals surface area contributed by atoms with Gasteiger partial charge in [-0.15, -0.1) is 0 Å². The molecule has 0 aliphatic rings. The number of ketones is 1. The molecule has 0 fully saturated rings. The highest BCUT2D eigenvalue weighted by Crippen LogP contribution is 2.20. The highest BCUT2D eigenvalue weighted by molar-refractivity contribution is 5.96. The number of hydrogen-bond acceptors (Lipinski definition) is 4. The van der Waals surface area contributed by atoms with Crippen LogP contribution in [0.2, 0.25) is 0 Å². The van der Waals surface area contributed by atoms with Crippen molar-refractivity contribution < 1.29 is 13.9 Å². The molecular formula is C14H14O4. The van der Waals surface area contributed by atoms with E-state index >= 15 is 0 Å². The van der Waals surface area contributed by atoms with Crippen LogP contribution in [0.1, 0.15) is 30.6 Å². The fourth-order valence-electron chi connectivity index (χ4n) is 1.65. The number of hydrogen-bond donors (Lipinski definition) is 0. The van der Waals surface area contributed by atoms with E-state index in [0.29, 0.717) is 23.3 Å². The third kappa shape index (κ3) is 2.42. The van der Waals surface area contributed by atoms with E-state index in [1.54, 1.807) is 24.3 Å². The number of fused-ring (bicyclic) bond motifs is 1. The molecule has 0 aliphatic carbocycles. The molecule has 0 atom stereocenters. The molecule has 4 heteroatoms. The predicted octanol–water partition coefficient (Wildman–Crippen LogP) is 2.78. The third-order valence-electron chi connectivity index (χ3n) is 2.56. The first kappa shape index (κ1) is 12.4. The molecule has 18 heavy (non-hydrogen) atoms. The minimum Gasteiger partial charge on any atom is -0.493 e. The van der Waals surface area contributed by atoms with Gasteiger partial charge in [-0.2, -0.15) is 0 Å². The maximum absolute atomic E-state index is 11.6. The molecule has 1 aromatic carbocycles. The first-order valence-electron chi connectivity index (χ1n) is 5.83. The summed E-state index contributed by atoms with van der Waals surface area (Å²) in [6, 6.07) is 6.78. The van der Waals surface area contributed by atoms with E-state index in [2.05, 4.69) is 0 Å². The van der Waals surface area contributed by atoms with Crippen LogP contribution in [0, 0.1) is 0 Å². The van der Waals surface area contributed by atoms with Crippen molar-refractivity contribution in [1.82, 2.24) is 0 Å². The number of carbonyl (C=O) groups excluding carboxylic acids is 1. The van der Waals surface area contributed by atoms with Crippen LogP contribution in [-0.4, -0.2) is 12.4 Å². The van der Waals surface area contributed by atoms with E-state index in [-0.39, 0.29) is 11.3 Å². The minimum atomic E-state index is -0.609. The molecule has 2 rings (SSSR count). The van der Waals surface area contributed by atoms with Crippen molar-refractivity contribution in [1.29, 1.82) is 0 Å². The van der Waals surface area contributed by atoms with Crippen LogP contribution in [-0.2, 0) is 0 Å². The molecule has 0 saturated heterocycles. The topological polar surface area (TPSA) is 56.5 Å². The van der Waals surface area contributed by atoms with Crippen molar-refractivity contribution in [2.75, 3.05) is 6.61 Å². The molecular weight excluding hydrogens is 232 g/mol. The van der Waals surface area contributed by atoms with Gasteiger partial charge in [0.05, 0.1) is 6.61 Å². The fourth-order valence-corrected chi connectivity index (χ4v) is 1.65. The predicted molar refractivity (Wildman–Crippen MR) is 68.3 cm³/mol. The van der Waals surface area contributed by atoms with Gasteiger partial charge < -0.3 is 9.15 Å². The van der Waals surface area contributed by atoms with Crippen molar-refractivity contribution >= 4 is 16.8 Å². The summed E-state index contributed by atoms with van der Waals surface area (Å²) in [5.74, 6) is 0.361. The lowest BCUT2D eigenvalue weighted by atomic mass is 10.1. The van der Waals surface area contributed by atoms with Crippen LogP contribution in [0.25, 0.3) is 11.0 Å². The highest BCUT2D eigenvalue weighted by Gasteiger charge is 2.09. The maximum atomic E-state index is 11.6. The zero-order valence-electron chi connectivity index (χ0n) is 10.4. The molecule has 0 N–H and O–H groups in total. The Balaban J connectivity index is 2.49. The Morgan fingerprint density at radius 1 is 1.33 bits per heavy atom. The van der Waals surface area contributed by atoms with Crippen LogP contribution >= 0.6 is 0 Å². The Labute approximate surface area is 104 Å². The standard InChI is InChI=1S/C14H14O4/c1-3-6-17-11-5-4-10-7-12(9(2)15)14(16)18-13(10)8-11/h4-5,7-8H,3,6H2,1-2H3. The van der Waals surface area contributed by atoms with Gasteiger partial charge in [-0.3, -0.25) is 4.79 Å². The molecule has 0 spiro atoms. The quantitative estimate of drug-likeness (QED) is 0.614. The largest absolute Gasteiger partial charge is 0.493 e. The van der Waals surface area contributed by atoms with E-state index < -0.39 is 5.63 Å². The Bertz CT molecular complexity index is 640. The fraction of sp³-hybridized carbons (Fsp3) is 0.286. The average molecular weight is 246 g/mol. The molecule has 0 saturated carbocycles. The molecule has 4 nitrogen and oxygen atoms in total. The molecule has 0 amide bonds. The molecule has 1 heterocycles. The Morgan fingerprint density at radius 3 is 2.78 bits per heavy atom. The Morgan fingerprint density at radius 2 is 2.11 bits per heavy atom. The first-order chi connectivity index (χ1) is 8.61. The van der Waals surface area contributed by atoms with Crippen molar-refractivity contribution in [3.8, 4) is 5.75 Å². The van der Waals surface area contributed by atoms with Gasteiger partial charge in [0.15, 0.2) is 5.78 Å². The molecule has 0 aliphatic heterocycles. The van der Waals surface area contributed by atoms with Crippen molar-refractivity contribution in [2.45, 2.75) is 20.3 Å². The van der Waals surface area contributed by atoms with Gasteiger partial charge in [0.1, 0.15) is 16.9 Å². The monoisotopic (exact) mass is 246 g/mol. The number of benzene rings is 1. The molecule has 0 unspecified atom stereocenters. The van der Waals surface area contributed by atoms with Gasteiger partial charge in [-0.05, 0) is 31.5 Å². The summed E-state index contributed by atoms with van der Waals surface area (Å²) >= 11 is 0. The minimum absolute atomic E-state index is 0.0738. The van der Waals surface area contributed by atoms with E-state index in [9.17, 15) is 9.59 Å². The third-order valence-corrected chi connectivity index (χ3v) is 2.56. The normalized spacial score (nSPS) is 10.6. The molecule has 2 aromatic rings. The summed E-state index contributed by atoms with van der Waals surface area (Å²) in [5, 5.41) is 0.712. The summed E-state index contributed by atoms with van der Waals surface area (Å²) in [7, 11) is 0. The zero-order chi connectivity index (χ0) is 13.1. The van der Waals surface area contributed by atoms with Crippen LogP contribution in [0.5, 0.6) is 5.75 Å². The first-order valence-corrected chi connectivity index (χ1v) is 5.83. The zero-order valence-corrected chi connectivity index (χ0v) is 10.4. The summed E-state index contributed by atoms with van der Waals surface area (Å²) < 4.78 is 10.6. The summed E-state index contributed by atoms with van der Waals surface area (Å²) in [6.45, 7) is 3.97. The van der Waals surface area contributed by atoms with E-state index in [4.69, 9.17) is 9.15 Å². The smallest absolute Gasteiger partial charge is 0.347 e. The van der Waals surface area contributed by atoms with Gasteiger partial charge in [0.2, 0.25) is 0 Å². The van der Waals surface area contributed by atoms with Crippen molar-refractivity contribution in [2.24, 2.45) is 0 Å². The average Bonchev–Trinajstić information content (AvgIpc) is 2.34. The van der Waals surface area contributed by atoms with Crippen LogP contribution < -0.4 is 10.4 Å². The summed E-state index contributed by atoms with van der Waals surface area (Å²) in [6.07, 6.45) is 0.908. The van der Waals surface area contributed by atoms with Gasteiger partial charge >= 0.3 is 5.63 Å². The lowest BCUT2D eigenvalue weighted by molar-refractivity contribution is 0.101. The Kier molecular flexibility index (Phi) is 3.46.